The third-order valence-electron chi connectivity index (χ3n) is 6.99. The summed E-state index contributed by atoms with van der Waals surface area (Å²) in [6, 6.07) is 20.9. The molecule has 0 aromatic heterocycles. The minimum atomic E-state index is 0.228. The summed E-state index contributed by atoms with van der Waals surface area (Å²) in [7, 11) is 0. The van der Waals surface area contributed by atoms with Crippen molar-refractivity contribution in [3.8, 4) is 0 Å². The third kappa shape index (κ3) is 27.0. The molecule has 2 aromatic carbocycles. The van der Waals surface area contributed by atoms with E-state index in [1.165, 1.54) is 114 Å². The van der Waals surface area contributed by atoms with Crippen molar-refractivity contribution in [2.75, 3.05) is 48.4 Å². The van der Waals surface area contributed by atoms with E-state index in [4.69, 9.17) is 5.11 Å². The van der Waals surface area contributed by atoms with Crippen molar-refractivity contribution in [2.45, 2.75) is 117 Å². The molecule has 2 rings (SSSR count). The van der Waals surface area contributed by atoms with Crippen LogP contribution < -0.4 is 10.2 Å². The molecular formula is C36H63BrN2O2. The number of aliphatic hydroxyl groups is 2. The van der Waals surface area contributed by atoms with Gasteiger partial charge < -0.3 is 20.4 Å². The zero-order valence-corrected chi connectivity index (χ0v) is 28.1. The van der Waals surface area contributed by atoms with Crippen molar-refractivity contribution in [3.05, 3.63) is 60.7 Å². The van der Waals surface area contributed by atoms with Gasteiger partial charge in [-0.1, -0.05) is 156 Å². The standard InChI is InChI=1S/C18H31NO.C16H27N.C2H5BrO/c1-2-3-4-5-6-7-8-12-15-19(16-17-20)18-13-10-9-11-14-18;1-2-3-4-5-6-7-8-12-15-17-16-13-10-9-11-14-16;3-1-2-4/h9-11,13-14,20H,2-8,12,15-17H2,1H3;9-11,13-14,17H,2-8,12,15H2,1H3;4H,1-2H2. The second-order valence-electron chi connectivity index (χ2n) is 10.7. The molecule has 0 atom stereocenters. The van der Waals surface area contributed by atoms with Gasteiger partial charge in [-0.05, 0) is 37.1 Å². The molecule has 3 N–H and O–H groups in total. The Labute approximate surface area is 262 Å². The number of anilines is 2. The van der Waals surface area contributed by atoms with Crippen LogP contribution in [-0.4, -0.2) is 48.4 Å². The molecule has 0 saturated carbocycles. The van der Waals surface area contributed by atoms with Gasteiger partial charge in [-0.25, -0.2) is 0 Å². The van der Waals surface area contributed by atoms with E-state index in [2.05, 4.69) is 94.6 Å². The number of nitrogens with zero attached hydrogens (tertiary/aromatic N) is 1. The first-order chi connectivity index (χ1) is 20.2. The molecule has 0 saturated heterocycles. The molecule has 0 radical (unpaired) electrons. The van der Waals surface area contributed by atoms with Crippen molar-refractivity contribution in [2.24, 2.45) is 0 Å². The van der Waals surface area contributed by atoms with Crippen molar-refractivity contribution >= 4 is 27.3 Å². The van der Waals surface area contributed by atoms with Crippen molar-refractivity contribution in [3.63, 3.8) is 0 Å². The normalized spacial score (nSPS) is 10.3. The smallest absolute Gasteiger partial charge is 0.0606 e. The minimum absolute atomic E-state index is 0.228. The van der Waals surface area contributed by atoms with Gasteiger partial charge in [0.25, 0.3) is 0 Å². The van der Waals surface area contributed by atoms with Crippen LogP contribution in [0.4, 0.5) is 11.4 Å². The molecule has 0 amide bonds. The first kappa shape index (κ1) is 39.4. The largest absolute Gasteiger partial charge is 0.396 e. The van der Waals surface area contributed by atoms with Crippen LogP contribution >= 0.6 is 15.9 Å². The summed E-state index contributed by atoms with van der Waals surface area (Å²) in [5.41, 5.74) is 2.47. The Hall–Kier alpha value is -1.56. The van der Waals surface area contributed by atoms with Crippen molar-refractivity contribution < 1.29 is 10.2 Å². The van der Waals surface area contributed by atoms with Gasteiger partial charge >= 0.3 is 0 Å². The molecule has 0 aliphatic heterocycles. The zero-order valence-electron chi connectivity index (χ0n) is 26.5. The molecule has 0 heterocycles. The van der Waals surface area contributed by atoms with Gasteiger partial charge in [-0.3, -0.25) is 0 Å². The highest BCUT2D eigenvalue weighted by Gasteiger charge is 2.04. The number of unbranched alkanes of at least 4 members (excludes halogenated alkanes) is 14. The maximum absolute atomic E-state index is 9.18. The maximum Gasteiger partial charge on any atom is 0.0606 e. The zero-order chi connectivity index (χ0) is 30.1. The lowest BCUT2D eigenvalue weighted by atomic mass is 10.1. The number of aliphatic hydroxyl groups excluding tert-OH is 2. The molecule has 0 aliphatic rings. The van der Waals surface area contributed by atoms with E-state index in [9.17, 15) is 5.11 Å². The SMILES string of the molecule is CCCCCCCCCCN(CCO)c1ccccc1.CCCCCCCCCCNc1ccccc1.OCCBr. The lowest BCUT2D eigenvalue weighted by Gasteiger charge is -2.23. The summed E-state index contributed by atoms with van der Waals surface area (Å²) in [5.74, 6) is 0. The fraction of sp³-hybridized carbons (Fsp3) is 0.667. The molecule has 41 heavy (non-hydrogen) atoms. The first-order valence-electron chi connectivity index (χ1n) is 16.6. The average Bonchev–Trinajstić information content (AvgIpc) is 3.02. The van der Waals surface area contributed by atoms with Gasteiger partial charge in [0.05, 0.1) is 13.2 Å². The summed E-state index contributed by atoms with van der Waals surface area (Å²) in [6.07, 6.45) is 21.9. The fourth-order valence-corrected chi connectivity index (χ4v) is 4.61. The van der Waals surface area contributed by atoms with Crippen LogP contribution in [0.3, 0.4) is 0 Å². The van der Waals surface area contributed by atoms with Gasteiger partial charge in [0.2, 0.25) is 0 Å². The van der Waals surface area contributed by atoms with Crippen LogP contribution in [0.25, 0.3) is 0 Å². The number of benzene rings is 2. The Morgan fingerprint density at radius 3 is 1.46 bits per heavy atom. The topological polar surface area (TPSA) is 55.7 Å². The second-order valence-corrected chi connectivity index (χ2v) is 11.5. The van der Waals surface area contributed by atoms with E-state index < -0.39 is 0 Å². The Balaban J connectivity index is 0.000000697. The van der Waals surface area contributed by atoms with E-state index in [-0.39, 0.29) is 13.2 Å². The Morgan fingerprint density at radius 2 is 1.00 bits per heavy atom. The Kier molecular flexibility index (Phi) is 31.7. The molecule has 0 aliphatic carbocycles. The number of hydrogen-bond donors (Lipinski definition) is 3. The highest BCUT2D eigenvalue weighted by Crippen LogP contribution is 2.15. The molecule has 0 bridgehead atoms. The van der Waals surface area contributed by atoms with E-state index in [1.807, 2.05) is 6.07 Å². The number of rotatable bonds is 23. The summed E-state index contributed by atoms with van der Waals surface area (Å²) < 4.78 is 0. The van der Waals surface area contributed by atoms with Crippen LogP contribution in [0.2, 0.25) is 0 Å². The van der Waals surface area contributed by atoms with E-state index in [1.54, 1.807) is 0 Å². The summed E-state index contributed by atoms with van der Waals surface area (Å²) in [4.78, 5) is 2.29. The third-order valence-corrected chi connectivity index (χ3v) is 7.35. The van der Waals surface area contributed by atoms with Crippen LogP contribution in [0.1, 0.15) is 117 Å². The van der Waals surface area contributed by atoms with E-state index in [0.29, 0.717) is 5.33 Å². The van der Waals surface area contributed by atoms with Crippen molar-refractivity contribution in [1.29, 1.82) is 0 Å². The summed E-state index contributed by atoms with van der Waals surface area (Å²) in [5, 5.41) is 21.2. The van der Waals surface area contributed by atoms with Crippen LogP contribution in [-0.2, 0) is 0 Å². The molecule has 0 unspecified atom stereocenters. The number of alkyl halides is 1. The molecular weight excluding hydrogens is 572 g/mol. The van der Waals surface area contributed by atoms with E-state index >= 15 is 0 Å². The predicted octanol–water partition coefficient (Wildman–Crippen LogP) is 10.2. The van der Waals surface area contributed by atoms with Crippen molar-refractivity contribution in [1.82, 2.24) is 0 Å². The average molecular weight is 636 g/mol. The quantitative estimate of drug-likeness (QED) is 0.0840. The molecule has 2 aromatic rings. The molecule has 236 valence electrons. The van der Waals surface area contributed by atoms with Crippen LogP contribution in [0.15, 0.2) is 60.7 Å². The number of hydrogen-bond acceptors (Lipinski definition) is 4. The Morgan fingerprint density at radius 1 is 0.561 bits per heavy atom. The van der Waals surface area contributed by atoms with Gasteiger partial charge in [0, 0.05) is 36.3 Å². The molecule has 0 fully saturated rings. The lowest BCUT2D eigenvalue weighted by Crippen LogP contribution is -2.27. The predicted molar refractivity (Wildman–Crippen MR) is 187 cm³/mol. The van der Waals surface area contributed by atoms with Crippen LogP contribution in [0, 0.1) is 0 Å². The molecule has 5 heteroatoms. The first-order valence-corrected chi connectivity index (χ1v) is 17.7. The van der Waals surface area contributed by atoms with Gasteiger partial charge in [0.1, 0.15) is 0 Å². The Bertz CT molecular complexity index is 731. The number of para-hydroxylation sites is 2. The highest BCUT2D eigenvalue weighted by atomic mass is 79.9. The molecule has 0 spiro atoms. The van der Waals surface area contributed by atoms with Gasteiger partial charge in [0.15, 0.2) is 0 Å². The second kappa shape index (κ2) is 32.9. The van der Waals surface area contributed by atoms with Gasteiger partial charge in [-0.15, -0.1) is 0 Å². The van der Waals surface area contributed by atoms with Gasteiger partial charge in [-0.2, -0.15) is 0 Å². The van der Waals surface area contributed by atoms with Crippen LogP contribution in [0.5, 0.6) is 0 Å². The molecule has 4 nitrogen and oxygen atoms in total. The van der Waals surface area contributed by atoms with E-state index in [0.717, 1.165) is 19.6 Å². The number of nitrogens with one attached hydrogen (secondary N) is 1. The highest BCUT2D eigenvalue weighted by molar-refractivity contribution is 9.09. The number of halogens is 1. The fourth-order valence-electron chi connectivity index (χ4n) is 4.61. The minimum Gasteiger partial charge on any atom is -0.396 e. The monoisotopic (exact) mass is 634 g/mol. The maximum atomic E-state index is 9.18. The summed E-state index contributed by atoms with van der Waals surface area (Å²) >= 11 is 3.00. The lowest BCUT2D eigenvalue weighted by molar-refractivity contribution is 0.301. The summed E-state index contributed by atoms with van der Waals surface area (Å²) in [6.45, 7) is 7.90.